The fourth-order valence-corrected chi connectivity index (χ4v) is 3.37. The van der Waals surface area contributed by atoms with Crippen LogP contribution in [0.25, 0.3) is 0 Å². The Hall–Kier alpha value is -1.85. The van der Waals surface area contributed by atoms with E-state index >= 15 is 0 Å². The van der Waals surface area contributed by atoms with Crippen LogP contribution in [-0.4, -0.2) is 36.7 Å². The molecule has 0 N–H and O–H groups in total. The van der Waals surface area contributed by atoms with Gasteiger partial charge in [-0.25, -0.2) is 0 Å². The van der Waals surface area contributed by atoms with E-state index in [1.165, 1.54) is 39.5 Å². The summed E-state index contributed by atoms with van der Waals surface area (Å²) in [6, 6.07) is 0. The van der Waals surface area contributed by atoms with Crippen LogP contribution in [0.2, 0.25) is 0 Å². The summed E-state index contributed by atoms with van der Waals surface area (Å²) in [5, 5.41) is 0. The van der Waals surface area contributed by atoms with Gasteiger partial charge in [0.25, 0.3) is 0 Å². The lowest BCUT2D eigenvalue weighted by atomic mass is 9.95. The van der Waals surface area contributed by atoms with E-state index < -0.39 is 18.0 Å². The minimum atomic E-state index is -0.613. The van der Waals surface area contributed by atoms with E-state index in [-0.39, 0.29) is 24.6 Å². The summed E-state index contributed by atoms with van der Waals surface area (Å²) in [5.41, 5.74) is 0. The highest BCUT2D eigenvalue weighted by atomic mass is 16.6. The molecule has 0 spiro atoms. The third-order valence-electron chi connectivity index (χ3n) is 4.70. The van der Waals surface area contributed by atoms with Crippen molar-refractivity contribution >= 4 is 17.9 Å². The van der Waals surface area contributed by atoms with Gasteiger partial charge in [-0.15, -0.1) is 6.58 Å². The third-order valence-corrected chi connectivity index (χ3v) is 4.70. The van der Waals surface area contributed by atoms with Crippen LogP contribution in [0.1, 0.15) is 78.1 Å². The van der Waals surface area contributed by atoms with Gasteiger partial charge in [0.1, 0.15) is 18.8 Å². The fourth-order valence-electron chi connectivity index (χ4n) is 3.37. The lowest BCUT2D eigenvalue weighted by Gasteiger charge is -2.18. The van der Waals surface area contributed by atoms with Gasteiger partial charge in [-0.05, 0) is 32.1 Å². The van der Waals surface area contributed by atoms with Crippen LogP contribution < -0.4 is 0 Å². The first-order valence-electron chi connectivity index (χ1n) is 10.0. The molecule has 0 aliphatic carbocycles. The van der Waals surface area contributed by atoms with E-state index in [0.29, 0.717) is 12.8 Å². The van der Waals surface area contributed by atoms with Crippen LogP contribution >= 0.6 is 0 Å². The molecular weight excluding hydrogens is 348 g/mol. The van der Waals surface area contributed by atoms with Gasteiger partial charge in [0.15, 0.2) is 0 Å². The number of hydrogen-bond acceptors (Lipinski definition) is 6. The van der Waals surface area contributed by atoms with Gasteiger partial charge in [-0.3, -0.25) is 14.4 Å². The monoisotopic (exact) mass is 382 g/mol. The molecule has 27 heavy (non-hydrogen) atoms. The summed E-state index contributed by atoms with van der Waals surface area (Å²) in [4.78, 5) is 34.3. The number of carbonyl (C=O) groups excluding carboxylic acids is 3. The lowest BCUT2D eigenvalue weighted by molar-refractivity contribution is -0.158. The smallest absolute Gasteiger partial charge is 0.309 e. The molecule has 1 aliphatic heterocycles. The van der Waals surface area contributed by atoms with E-state index in [0.717, 1.165) is 25.7 Å². The molecule has 1 rings (SSSR count). The molecular formula is C21H34O6. The Labute approximate surface area is 162 Å². The van der Waals surface area contributed by atoms with Crippen LogP contribution in [0.4, 0.5) is 0 Å². The maximum atomic E-state index is 12.1. The summed E-state index contributed by atoms with van der Waals surface area (Å²) >= 11 is 0. The maximum Gasteiger partial charge on any atom is 0.309 e. The van der Waals surface area contributed by atoms with Crippen LogP contribution in [0.15, 0.2) is 12.7 Å². The SMILES string of the molecule is C=CCCCCCCCC[C@H]1C[C@H](C[C@H](COC(C)=O)OC(C)=O)C(=O)O1. The van der Waals surface area contributed by atoms with Crippen molar-refractivity contribution in [3.8, 4) is 0 Å². The van der Waals surface area contributed by atoms with Crippen molar-refractivity contribution in [2.45, 2.75) is 90.3 Å². The average Bonchev–Trinajstić information content (AvgIpc) is 2.94. The summed E-state index contributed by atoms with van der Waals surface area (Å²) < 4.78 is 15.6. The molecule has 0 saturated carbocycles. The highest BCUT2D eigenvalue weighted by Gasteiger charge is 2.36. The zero-order valence-corrected chi connectivity index (χ0v) is 16.7. The molecule has 154 valence electrons. The van der Waals surface area contributed by atoms with Crippen molar-refractivity contribution < 1.29 is 28.6 Å². The zero-order chi connectivity index (χ0) is 20.1. The van der Waals surface area contributed by atoms with Crippen LogP contribution in [0, 0.1) is 5.92 Å². The standard InChI is InChI=1S/C21H34O6/c1-4-5-6-7-8-9-10-11-12-19-13-18(21(24)27-19)14-20(26-17(3)23)15-25-16(2)22/h4,18-20H,1,5-15H2,2-3H3/t18-,19+,20-/m1/s1. The van der Waals surface area contributed by atoms with Crippen LogP contribution in [-0.2, 0) is 28.6 Å². The van der Waals surface area contributed by atoms with Crippen molar-refractivity contribution in [1.82, 2.24) is 0 Å². The topological polar surface area (TPSA) is 78.9 Å². The van der Waals surface area contributed by atoms with Crippen molar-refractivity contribution in [3.63, 3.8) is 0 Å². The molecule has 0 aromatic carbocycles. The van der Waals surface area contributed by atoms with Gasteiger partial charge >= 0.3 is 17.9 Å². The molecule has 1 fully saturated rings. The molecule has 6 heteroatoms. The molecule has 6 nitrogen and oxygen atoms in total. The minimum absolute atomic E-state index is 0.0325. The molecule has 1 heterocycles. The normalized spacial score (nSPS) is 20.0. The summed E-state index contributed by atoms with van der Waals surface area (Å²) in [6.45, 7) is 6.29. The van der Waals surface area contributed by atoms with E-state index in [2.05, 4.69) is 6.58 Å². The molecule has 0 aromatic rings. The van der Waals surface area contributed by atoms with Crippen LogP contribution in [0.3, 0.4) is 0 Å². The van der Waals surface area contributed by atoms with Gasteiger partial charge in [-0.2, -0.15) is 0 Å². The predicted octanol–water partition coefficient (Wildman–Crippen LogP) is 4.11. The highest BCUT2D eigenvalue weighted by Crippen LogP contribution is 2.29. The molecule has 0 unspecified atom stereocenters. The molecule has 1 aliphatic rings. The van der Waals surface area contributed by atoms with Gasteiger partial charge in [0, 0.05) is 20.3 Å². The number of carbonyl (C=O) groups is 3. The molecule has 0 bridgehead atoms. The number of rotatable bonds is 14. The number of cyclic esters (lactones) is 1. The Morgan fingerprint density at radius 3 is 2.44 bits per heavy atom. The molecule has 0 aromatic heterocycles. The predicted molar refractivity (Wildman–Crippen MR) is 102 cm³/mol. The molecule has 1 saturated heterocycles. The number of hydrogen-bond donors (Lipinski definition) is 0. The summed E-state index contributed by atoms with van der Waals surface area (Å²) in [6.07, 6.45) is 11.3. The average molecular weight is 382 g/mol. The molecule has 0 amide bonds. The quantitative estimate of drug-likeness (QED) is 0.195. The molecule has 0 radical (unpaired) electrons. The van der Waals surface area contributed by atoms with Crippen LogP contribution in [0.5, 0.6) is 0 Å². The minimum Gasteiger partial charge on any atom is -0.462 e. The fraction of sp³-hybridized carbons (Fsp3) is 0.762. The third kappa shape index (κ3) is 10.8. The van der Waals surface area contributed by atoms with Crippen molar-refractivity contribution in [1.29, 1.82) is 0 Å². The molecule has 3 atom stereocenters. The Kier molecular flexibility index (Phi) is 11.5. The lowest BCUT2D eigenvalue weighted by Crippen LogP contribution is -2.27. The number of allylic oxidation sites excluding steroid dienone is 1. The van der Waals surface area contributed by atoms with Crippen molar-refractivity contribution in [2.75, 3.05) is 6.61 Å². The van der Waals surface area contributed by atoms with E-state index in [9.17, 15) is 14.4 Å². The first-order chi connectivity index (χ1) is 12.9. The summed E-state index contributed by atoms with van der Waals surface area (Å²) in [7, 11) is 0. The highest BCUT2D eigenvalue weighted by molar-refractivity contribution is 5.74. The number of esters is 3. The first-order valence-corrected chi connectivity index (χ1v) is 10.0. The Morgan fingerprint density at radius 2 is 1.81 bits per heavy atom. The van der Waals surface area contributed by atoms with E-state index in [4.69, 9.17) is 14.2 Å². The maximum absolute atomic E-state index is 12.1. The second-order valence-electron chi connectivity index (χ2n) is 7.25. The van der Waals surface area contributed by atoms with Crippen molar-refractivity contribution in [3.05, 3.63) is 12.7 Å². The van der Waals surface area contributed by atoms with Crippen molar-refractivity contribution in [2.24, 2.45) is 5.92 Å². The second kappa shape index (κ2) is 13.3. The second-order valence-corrected chi connectivity index (χ2v) is 7.25. The Bertz CT molecular complexity index is 487. The van der Waals surface area contributed by atoms with Gasteiger partial charge < -0.3 is 14.2 Å². The van der Waals surface area contributed by atoms with E-state index in [1.807, 2.05) is 6.08 Å². The van der Waals surface area contributed by atoms with Gasteiger partial charge in [-0.1, -0.05) is 31.8 Å². The Morgan fingerprint density at radius 1 is 1.15 bits per heavy atom. The number of unbranched alkanes of at least 4 members (excludes halogenated alkanes) is 6. The number of ether oxygens (including phenoxy) is 3. The summed E-state index contributed by atoms with van der Waals surface area (Å²) in [5.74, 6) is -1.45. The van der Waals surface area contributed by atoms with Gasteiger partial charge in [0.2, 0.25) is 0 Å². The van der Waals surface area contributed by atoms with Gasteiger partial charge in [0.05, 0.1) is 5.92 Å². The zero-order valence-electron chi connectivity index (χ0n) is 16.7. The van der Waals surface area contributed by atoms with E-state index in [1.54, 1.807) is 0 Å². The first kappa shape index (κ1) is 23.2. The Balaban J connectivity index is 2.27. The largest absolute Gasteiger partial charge is 0.462 e.